The minimum Gasteiger partial charge on any atom is -0.465 e. The van der Waals surface area contributed by atoms with Gasteiger partial charge in [0.2, 0.25) is 5.91 Å². The molecule has 6 heteroatoms. The maximum absolute atomic E-state index is 11.2. The van der Waals surface area contributed by atoms with Gasteiger partial charge in [0.25, 0.3) is 0 Å². The number of rotatable bonds is 2. The molecule has 0 unspecified atom stereocenters. The first-order valence-corrected chi connectivity index (χ1v) is 4.88. The van der Waals surface area contributed by atoms with Crippen molar-refractivity contribution in [2.75, 3.05) is 26.2 Å². The molecule has 0 atom stereocenters. The van der Waals surface area contributed by atoms with Gasteiger partial charge in [-0.1, -0.05) is 0 Å². The lowest BCUT2D eigenvalue weighted by Crippen LogP contribution is -2.60. The molecule has 0 aliphatic carbocycles. The van der Waals surface area contributed by atoms with Crippen molar-refractivity contribution in [3.05, 3.63) is 0 Å². The SMILES string of the molecule is CC(C)(C(N)=O)N1CCN(C(=O)O)CC1. The lowest BCUT2D eigenvalue weighted by Gasteiger charge is -2.41. The fraction of sp³-hybridized carbons (Fsp3) is 0.778. The van der Waals surface area contributed by atoms with Crippen LogP contribution in [0.2, 0.25) is 0 Å². The van der Waals surface area contributed by atoms with Gasteiger partial charge in [0, 0.05) is 26.2 Å². The van der Waals surface area contributed by atoms with E-state index < -0.39 is 11.6 Å². The highest BCUT2D eigenvalue weighted by molar-refractivity contribution is 5.83. The molecule has 0 radical (unpaired) electrons. The maximum Gasteiger partial charge on any atom is 0.407 e. The van der Waals surface area contributed by atoms with Crippen molar-refractivity contribution >= 4 is 12.0 Å². The van der Waals surface area contributed by atoms with E-state index in [1.165, 1.54) is 4.90 Å². The zero-order chi connectivity index (χ0) is 11.6. The number of nitrogens with zero attached hydrogens (tertiary/aromatic N) is 2. The summed E-state index contributed by atoms with van der Waals surface area (Å²) in [6.07, 6.45) is -0.911. The van der Waals surface area contributed by atoms with E-state index in [9.17, 15) is 9.59 Å². The van der Waals surface area contributed by atoms with Gasteiger partial charge in [-0.25, -0.2) is 4.79 Å². The van der Waals surface area contributed by atoms with Crippen molar-refractivity contribution in [1.29, 1.82) is 0 Å². The Bertz CT molecular complexity index is 270. The fourth-order valence-electron chi connectivity index (χ4n) is 1.61. The number of carbonyl (C=O) groups excluding carboxylic acids is 1. The molecule has 0 saturated carbocycles. The van der Waals surface area contributed by atoms with Gasteiger partial charge < -0.3 is 15.7 Å². The first-order chi connectivity index (χ1) is 6.85. The number of nitrogens with two attached hydrogens (primary N) is 1. The fourth-order valence-corrected chi connectivity index (χ4v) is 1.61. The smallest absolute Gasteiger partial charge is 0.407 e. The molecule has 3 N–H and O–H groups in total. The predicted molar refractivity (Wildman–Crippen MR) is 54.4 cm³/mol. The molecular formula is C9H17N3O3. The van der Waals surface area contributed by atoms with Crippen molar-refractivity contribution in [3.63, 3.8) is 0 Å². The molecule has 86 valence electrons. The highest BCUT2D eigenvalue weighted by Gasteiger charge is 2.35. The van der Waals surface area contributed by atoms with Crippen LogP contribution in [-0.2, 0) is 4.79 Å². The summed E-state index contributed by atoms with van der Waals surface area (Å²) < 4.78 is 0. The van der Waals surface area contributed by atoms with Crippen LogP contribution in [0.25, 0.3) is 0 Å². The molecule has 0 aromatic carbocycles. The van der Waals surface area contributed by atoms with Crippen LogP contribution in [0.3, 0.4) is 0 Å². The number of carboxylic acid groups (broad SMARTS) is 1. The summed E-state index contributed by atoms with van der Waals surface area (Å²) in [5.74, 6) is -0.383. The molecule has 1 aliphatic heterocycles. The monoisotopic (exact) mass is 215 g/mol. The molecular weight excluding hydrogens is 198 g/mol. The molecule has 1 rings (SSSR count). The Labute approximate surface area is 88.6 Å². The van der Waals surface area contributed by atoms with E-state index in [2.05, 4.69) is 0 Å². The van der Waals surface area contributed by atoms with E-state index in [-0.39, 0.29) is 5.91 Å². The molecule has 1 heterocycles. The van der Waals surface area contributed by atoms with E-state index in [0.717, 1.165) is 0 Å². The lowest BCUT2D eigenvalue weighted by atomic mass is 10.0. The molecule has 1 saturated heterocycles. The largest absolute Gasteiger partial charge is 0.465 e. The second-order valence-corrected chi connectivity index (χ2v) is 4.18. The summed E-state index contributed by atoms with van der Waals surface area (Å²) >= 11 is 0. The number of amides is 2. The van der Waals surface area contributed by atoms with Gasteiger partial charge in [-0.05, 0) is 13.8 Å². The molecule has 1 aliphatic rings. The Balaban J connectivity index is 2.57. The summed E-state index contributed by atoms with van der Waals surface area (Å²) in [5, 5.41) is 8.75. The third-order valence-electron chi connectivity index (χ3n) is 2.94. The first kappa shape index (κ1) is 11.8. The summed E-state index contributed by atoms with van der Waals surface area (Å²) in [6, 6.07) is 0. The molecule has 0 aromatic heterocycles. The first-order valence-electron chi connectivity index (χ1n) is 4.88. The van der Waals surface area contributed by atoms with Gasteiger partial charge >= 0.3 is 6.09 Å². The van der Waals surface area contributed by atoms with Crippen LogP contribution in [0, 0.1) is 0 Å². The minimum atomic E-state index is -0.911. The standard InChI is InChI=1S/C9H17N3O3/c1-9(2,7(10)13)12-5-3-11(4-6-12)8(14)15/h3-6H2,1-2H3,(H2,10,13)(H,14,15). The van der Waals surface area contributed by atoms with Crippen LogP contribution in [-0.4, -0.2) is 58.6 Å². The van der Waals surface area contributed by atoms with Gasteiger partial charge in [-0.2, -0.15) is 0 Å². The van der Waals surface area contributed by atoms with Crippen molar-refractivity contribution in [2.45, 2.75) is 19.4 Å². The molecule has 2 amide bonds. The highest BCUT2D eigenvalue weighted by Crippen LogP contribution is 2.16. The Morgan fingerprint density at radius 3 is 2.00 bits per heavy atom. The molecule has 1 fully saturated rings. The van der Waals surface area contributed by atoms with Crippen molar-refractivity contribution < 1.29 is 14.7 Å². The topological polar surface area (TPSA) is 86.9 Å². The highest BCUT2D eigenvalue weighted by atomic mass is 16.4. The van der Waals surface area contributed by atoms with Gasteiger partial charge in [-0.3, -0.25) is 9.69 Å². The van der Waals surface area contributed by atoms with E-state index in [0.29, 0.717) is 26.2 Å². The third kappa shape index (κ3) is 2.38. The van der Waals surface area contributed by atoms with Crippen molar-refractivity contribution in [3.8, 4) is 0 Å². The number of primary amides is 1. The summed E-state index contributed by atoms with van der Waals surface area (Å²) in [5.41, 5.74) is 4.58. The van der Waals surface area contributed by atoms with Crippen LogP contribution < -0.4 is 5.73 Å². The van der Waals surface area contributed by atoms with Gasteiger partial charge in [0.15, 0.2) is 0 Å². The van der Waals surface area contributed by atoms with Crippen LogP contribution in [0.15, 0.2) is 0 Å². The van der Waals surface area contributed by atoms with E-state index in [4.69, 9.17) is 10.8 Å². The van der Waals surface area contributed by atoms with Crippen molar-refractivity contribution in [1.82, 2.24) is 9.80 Å². The lowest BCUT2D eigenvalue weighted by molar-refractivity contribution is -0.129. The van der Waals surface area contributed by atoms with E-state index >= 15 is 0 Å². The van der Waals surface area contributed by atoms with Crippen molar-refractivity contribution in [2.24, 2.45) is 5.73 Å². The number of carbonyl (C=O) groups is 2. The Morgan fingerprint density at radius 1 is 1.20 bits per heavy atom. The normalized spacial score (nSPS) is 18.9. The average molecular weight is 215 g/mol. The second kappa shape index (κ2) is 4.06. The third-order valence-corrected chi connectivity index (χ3v) is 2.94. The molecule has 0 bridgehead atoms. The Hall–Kier alpha value is -1.30. The Morgan fingerprint density at radius 2 is 1.67 bits per heavy atom. The molecule has 6 nitrogen and oxygen atoms in total. The molecule has 15 heavy (non-hydrogen) atoms. The maximum atomic E-state index is 11.2. The van der Waals surface area contributed by atoms with E-state index in [1.807, 2.05) is 4.90 Å². The second-order valence-electron chi connectivity index (χ2n) is 4.18. The van der Waals surface area contributed by atoms with E-state index in [1.54, 1.807) is 13.8 Å². The Kier molecular flexibility index (Phi) is 3.18. The van der Waals surface area contributed by atoms with Crippen LogP contribution >= 0.6 is 0 Å². The molecule has 0 aromatic rings. The van der Waals surface area contributed by atoms with Crippen LogP contribution in [0.1, 0.15) is 13.8 Å². The number of hydrogen-bond donors (Lipinski definition) is 2. The number of piperazine rings is 1. The molecule has 0 spiro atoms. The van der Waals surface area contributed by atoms with Gasteiger partial charge in [0.1, 0.15) is 0 Å². The summed E-state index contributed by atoms with van der Waals surface area (Å²) in [4.78, 5) is 25.1. The zero-order valence-electron chi connectivity index (χ0n) is 9.06. The summed E-state index contributed by atoms with van der Waals surface area (Å²) in [6.45, 7) is 5.44. The predicted octanol–water partition coefficient (Wildman–Crippen LogP) is -0.454. The van der Waals surface area contributed by atoms with Crippen LogP contribution in [0.4, 0.5) is 4.79 Å². The average Bonchev–Trinajstić information content (AvgIpc) is 2.17. The van der Waals surface area contributed by atoms with Gasteiger partial charge in [-0.15, -0.1) is 0 Å². The van der Waals surface area contributed by atoms with Crippen LogP contribution in [0.5, 0.6) is 0 Å². The minimum absolute atomic E-state index is 0.383. The zero-order valence-corrected chi connectivity index (χ0v) is 9.06. The van der Waals surface area contributed by atoms with Gasteiger partial charge in [0.05, 0.1) is 5.54 Å². The quantitative estimate of drug-likeness (QED) is 0.653. The number of hydrogen-bond acceptors (Lipinski definition) is 3. The summed E-state index contributed by atoms with van der Waals surface area (Å²) in [7, 11) is 0.